The van der Waals surface area contributed by atoms with E-state index in [1.807, 2.05) is 18.2 Å². The molecule has 0 unspecified atom stereocenters. The second-order valence-corrected chi connectivity index (χ2v) is 5.41. The average Bonchev–Trinajstić information content (AvgIpc) is 3.03. The van der Waals surface area contributed by atoms with E-state index in [-0.39, 0.29) is 11.7 Å². The molecule has 1 aliphatic heterocycles. The van der Waals surface area contributed by atoms with E-state index in [4.69, 9.17) is 4.74 Å². The Morgan fingerprint density at radius 3 is 2.77 bits per heavy atom. The fraction of sp³-hybridized carbons (Fsp3) is 0.294. The lowest BCUT2D eigenvalue weighted by molar-refractivity contribution is 0.0980. The Morgan fingerprint density at radius 1 is 1.27 bits per heavy atom. The zero-order valence-corrected chi connectivity index (χ0v) is 12.7. The number of carbonyl (C=O) groups is 2. The van der Waals surface area contributed by atoms with E-state index in [1.165, 1.54) is 6.92 Å². The number of aromatic amines is 1. The lowest BCUT2D eigenvalue weighted by Gasteiger charge is -2.29. The first-order valence-electron chi connectivity index (χ1n) is 7.28. The lowest BCUT2D eigenvalue weighted by Crippen LogP contribution is -2.35. The Bertz CT molecular complexity index is 733. The number of H-pyrrole nitrogens is 1. The van der Waals surface area contributed by atoms with Gasteiger partial charge in [-0.05, 0) is 49.6 Å². The normalized spacial score (nSPS) is 13.6. The van der Waals surface area contributed by atoms with Crippen LogP contribution in [0.4, 0.5) is 5.69 Å². The van der Waals surface area contributed by atoms with Crippen LogP contribution >= 0.6 is 0 Å². The summed E-state index contributed by atoms with van der Waals surface area (Å²) in [5, 5.41) is 0. The molecule has 1 aromatic heterocycles. The molecule has 2 aromatic rings. The van der Waals surface area contributed by atoms with Crippen molar-refractivity contribution in [2.75, 3.05) is 18.6 Å². The van der Waals surface area contributed by atoms with Crippen molar-refractivity contribution in [1.29, 1.82) is 0 Å². The molecule has 0 spiro atoms. The predicted molar refractivity (Wildman–Crippen MR) is 83.8 cm³/mol. The molecule has 1 aliphatic rings. The number of benzene rings is 1. The van der Waals surface area contributed by atoms with E-state index in [9.17, 15) is 9.59 Å². The number of aromatic nitrogens is 1. The van der Waals surface area contributed by atoms with Gasteiger partial charge < -0.3 is 14.6 Å². The number of rotatable bonds is 3. The molecular weight excluding hydrogens is 280 g/mol. The van der Waals surface area contributed by atoms with E-state index in [2.05, 4.69) is 4.98 Å². The third kappa shape index (κ3) is 2.50. The summed E-state index contributed by atoms with van der Waals surface area (Å²) in [6, 6.07) is 7.37. The van der Waals surface area contributed by atoms with Crippen LogP contribution in [0.3, 0.4) is 0 Å². The van der Waals surface area contributed by atoms with E-state index < -0.39 is 0 Å². The largest absolute Gasteiger partial charge is 0.497 e. The number of nitrogens with one attached hydrogen (secondary N) is 1. The number of amides is 1. The standard InChI is InChI=1S/C17H18N2O3/c1-11(20)13-9-15(18-10-13)17(21)19-7-3-4-12-8-14(22-2)5-6-16(12)19/h5-6,8-10,18H,3-4,7H2,1-2H3. The third-order valence-electron chi connectivity index (χ3n) is 3.97. The van der Waals surface area contributed by atoms with E-state index >= 15 is 0 Å². The zero-order valence-electron chi connectivity index (χ0n) is 12.7. The molecule has 0 atom stereocenters. The van der Waals surface area contributed by atoms with Gasteiger partial charge in [-0.25, -0.2) is 0 Å². The molecule has 0 radical (unpaired) electrons. The maximum absolute atomic E-state index is 12.7. The second-order valence-electron chi connectivity index (χ2n) is 5.41. The minimum Gasteiger partial charge on any atom is -0.497 e. The SMILES string of the molecule is COc1ccc2c(c1)CCCN2C(=O)c1cc(C(C)=O)c[nH]1. The highest BCUT2D eigenvalue weighted by atomic mass is 16.5. The summed E-state index contributed by atoms with van der Waals surface area (Å²) in [5.74, 6) is 0.629. The molecule has 0 saturated carbocycles. The Hall–Kier alpha value is -2.56. The van der Waals surface area contributed by atoms with Crippen molar-refractivity contribution in [2.24, 2.45) is 0 Å². The number of hydrogen-bond acceptors (Lipinski definition) is 3. The monoisotopic (exact) mass is 298 g/mol. The van der Waals surface area contributed by atoms with Crippen LogP contribution in [0.15, 0.2) is 30.5 Å². The predicted octanol–water partition coefficient (Wildman–Crippen LogP) is 2.82. The molecule has 2 heterocycles. The van der Waals surface area contributed by atoms with E-state index in [0.29, 0.717) is 17.8 Å². The number of carbonyl (C=O) groups excluding carboxylic acids is 2. The maximum Gasteiger partial charge on any atom is 0.274 e. The van der Waals surface area contributed by atoms with Gasteiger partial charge in [-0.1, -0.05) is 0 Å². The number of ether oxygens (including phenoxy) is 1. The summed E-state index contributed by atoms with van der Waals surface area (Å²) < 4.78 is 5.24. The van der Waals surface area contributed by atoms with Crippen LogP contribution in [0.1, 0.15) is 39.8 Å². The van der Waals surface area contributed by atoms with Gasteiger partial charge in [0.05, 0.1) is 7.11 Å². The van der Waals surface area contributed by atoms with Crippen molar-refractivity contribution in [2.45, 2.75) is 19.8 Å². The van der Waals surface area contributed by atoms with E-state index in [1.54, 1.807) is 24.3 Å². The van der Waals surface area contributed by atoms with Gasteiger partial charge in [0.1, 0.15) is 11.4 Å². The molecule has 0 saturated heterocycles. The Morgan fingerprint density at radius 2 is 2.09 bits per heavy atom. The highest BCUT2D eigenvalue weighted by Crippen LogP contribution is 2.31. The summed E-state index contributed by atoms with van der Waals surface area (Å²) in [6.45, 7) is 2.16. The molecule has 0 bridgehead atoms. The van der Waals surface area contributed by atoms with Gasteiger partial charge in [-0.15, -0.1) is 0 Å². The van der Waals surface area contributed by atoms with Crippen LogP contribution in [-0.4, -0.2) is 30.3 Å². The van der Waals surface area contributed by atoms with Crippen molar-refractivity contribution in [1.82, 2.24) is 4.98 Å². The third-order valence-corrected chi connectivity index (χ3v) is 3.97. The van der Waals surface area contributed by atoms with Crippen molar-refractivity contribution < 1.29 is 14.3 Å². The van der Waals surface area contributed by atoms with Gasteiger partial charge in [0, 0.05) is 24.0 Å². The second kappa shape index (κ2) is 5.67. The molecule has 1 amide bonds. The number of anilines is 1. The number of fused-ring (bicyclic) bond motifs is 1. The van der Waals surface area contributed by atoms with Crippen LogP contribution in [0.5, 0.6) is 5.75 Å². The highest BCUT2D eigenvalue weighted by molar-refractivity contribution is 6.07. The molecule has 1 N–H and O–H groups in total. The van der Waals surface area contributed by atoms with Crippen molar-refractivity contribution in [3.05, 3.63) is 47.3 Å². The fourth-order valence-corrected chi connectivity index (χ4v) is 2.78. The number of nitrogens with zero attached hydrogens (tertiary/aromatic N) is 1. The van der Waals surface area contributed by atoms with Gasteiger partial charge >= 0.3 is 0 Å². The summed E-state index contributed by atoms with van der Waals surface area (Å²) >= 11 is 0. The molecule has 3 rings (SSSR count). The summed E-state index contributed by atoms with van der Waals surface area (Å²) in [6.07, 6.45) is 3.42. The summed E-state index contributed by atoms with van der Waals surface area (Å²) in [4.78, 5) is 28.7. The van der Waals surface area contributed by atoms with Crippen molar-refractivity contribution >= 4 is 17.4 Å². The van der Waals surface area contributed by atoms with E-state index in [0.717, 1.165) is 29.8 Å². The summed E-state index contributed by atoms with van der Waals surface area (Å²) in [5.41, 5.74) is 2.98. The van der Waals surface area contributed by atoms with Crippen LogP contribution in [0.25, 0.3) is 0 Å². The molecule has 0 aliphatic carbocycles. The Balaban J connectivity index is 1.92. The zero-order chi connectivity index (χ0) is 15.7. The lowest BCUT2D eigenvalue weighted by atomic mass is 10.0. The molecule has 0 fully saturated rings. The first-order valence-corrected chi connectivity index (χ1v) is 7.28. The average molecular weight is 298 g/mol. The van der Waals surface area contributed by atoms with Gasteiger partial charge in [-0.3, -0.25) is 9.59 Å². The van der Waals surface area contributed by atoms with Gasteiger partial charge in [0.2, 0.25) is 0 Å². The van der Waals surface area contributed by atoms with Crippen LogP contribution in [-0.2, 0) is 6.42 Å². The molecule has 5 heteroatoms. The number of methoxy groups -OCH3 is 1. The minimum absolute atomic E-state index is 0.0564. The number of aryl methyl sites for hydroxylation is 1. The van der Waals surface area contributed by atoms with Crippen molar-refractivity contribution in [3.63, 3.8) is 0 Å². The number of Topliss-reactive ketones (excluding diaryl/α,β-unsaturated/α-hetero) is 1. The first kappa shape index (κ1) is 14.4. The van der Waals surface area contributed by atoms with Crippen molar-refractivity contribution in [3.8, 4) is 5.75 Å². The van der Waals surface area contributed by atoms with Gasteiger partial charge in [-0.2, -0.15) is 0 Å². The maximum atomic E-state index is 12.7. The summed E-state index contributed by atoms with van der Waals surface area (Å²) in [7, 11) is 1.63. The Labute approximate surface area is 128 Å². The number of ketones is 1. The molecular formula is C17H18N2O3. The van der Waals surface area contributed by atoms with Crippen LogP contribution in [0.2, 0.25) is 0 Å². The minimum atomic E-state index is -0.112. The Kier molecular flexibility index (Phi) is 3.71. The molecule has 22 heavy (non-hydrogen) atoms. The van der Waals surface area contributed by atoms with Crippen LogP contribution < -0.4 is 9.64 Å². The quantitative estimate of drug-likeness (QED) is 0.886. The van der Waals surface area contributed by atoms with Gasteiger partial charge in [0.25, 0.3) is 5.91 Å². The molecule has 114 valence electrons. The van der Waals surface area contributed by atoms with Crippen LogP contribution in [0, 0.1) is 0 Å². The van der Waals surface area contributed by atoms with Gasteiger partial charge in [0.15, 0.2) is 5.78 Å². The topological polar surface area (TPSA) is 62.4 Å². The fourth-order valence-electron chi connectivity index (χ4n) is 2.78. The molecule has 1 aromatic carbocycles. The molecule has 5 nitrogen and oxygen atoms in total. The number of hydrogen-bond donors (Lipinski definition) is 1. The smallest absolute Gasteiger partial charge is 0.274 e. The first-order chi connectivity index (χ1) is 10.6. The highest BCUT2D eigenvalue weighted by Gasteiger charge is 2.25.